The molecule has 1 amide bonds. The van der Waals surface area contributed by atoms with E-state index in [2.05, 4.69) is 16.9 Å². The molecule has 0 aliphatic carbocycles. The number of hydrogen-bond donors (Lipinski definition) is 1. The minimum absolute atomic E-state index is 0.126. The van der Waals surface area contributed by atoms with Crippen molar-refractivity contribution in [1.29, 1.82) is 0 Å². The first-order valence-electron chi connectivity index (χ1n) is 7.59. The molecule has 1 heterocycles. The number of nitrogens with zero attached hydrogens (tertiary/aromatic N) is 2. The van der Waals surface area contributed by atoms with E-state index in [0.717, 1.165) is 0 Å². The number of hydrogen-bond acceptors (Lipinski definition) is 5. The van der Waals surface area contributed by atoms with Crippen LogP contribution in [-0.4, -0.2) is 41.5 Å². The lowest BCUT2D eigenvalue weighted by Gasteiger charge is -2.18. The number of fused-ring (bicyclic) bond motifs is 1. The molecule has 2 aromatic rings. The van der Waals surface area contributed by atoms with E-state index in [1.54, 1.807) is 29.9 Å². The Morgan fingerprint density at radius 3 is 2.96 bits per heavy atom. The van der Waals surface area contributed by atoms with Gasteiger partial charge in [-0.05, 0) is 19.1 Å². The smallest absolute Gasteiger partial charge is 0.262 e. The number of aromatic nitrogens is 2. The fourth-order valence-corrected chi connectivity index (χ4v) is 3.23. The van der Waals surface area contributed by atoms with E-state index in [-0.39, 0.29) is 23.3 Å². The van der Waals surface area contributed by atoms with Crippen LogP contribution in [0.25, 0.3) is 10.9 Å². The monoisotopic (exact) mass is 347 g/mol. The molecule has 2 rings (SSSR count). The Kier molecular flexibility index (Phi) is 6.57. The van der Waals surface area contributed by atoms with Gasteiger partial charge in [-0.25, -0.2) is 4.98 Å². The van der Waals surface area contributed by atoms with Crippen LogP contribution >= 0.6 is 11.8 Å². The summed E-state index contributed by atoms with van der Waals surface area (Å²) in [6.07, 6.45) is 1.62. The SMILES string of the molecule is C=CCNC(=O)CSc1nc2ccccc2c(=O)n1[C@@H](C)COC. The van der Waals surface area contributed by atoms with Crippen molar-refractivity contribution in [2.45, 2.75) is 18.1 Å². The topological polar surface area (TPSA) is 73.2 Å². The van der Waals surface area contributed by atoms with Crippen LogP contribution < -0.4 is 10.9 Å². The zero-order valence-electron chi connectivity index (χ0n) is 13.8. The van der Waals surface area contributed by atoms with Crippen LogP contribution in [0.5, 0.6) is 0 Å². The van der Waals surface area contributed by atoms with Crippen molar-refractivity contribution in [1.82, 2.24) is 14.9 Å². The molecule has 1 N–H and O–H groups in total. The first kappa shape index (κ1) is 18.2. The lowest BCUT2D eigenvalue weighted by Crippen LogP contribution is -2.30. The van der Waals surface area contributed by atoms with Gasteiger partial charge in [0.2, 0.25) is 5.91 Å². The molecule has 7 heteroatoms. The third kappa shape index (κ3) is 4.24. The molecule has 1 aromatic carbocycles. The number of rotatable bonds is 8. The summed E-state index contributed by atoms with van der Waals surface area (Å²) >= 11 is 1.24. The number of ether oxygens (including phenoxy) is 1. The average Bonchev–Trinajstić information content (AvgIpc) is 2.58. The van der Waals surface area contributed by atoms with Gasteiger partial charge in [0.1, 0.15) is 0 Å². The van der Waals surface area contributed by atoms with Gasteiger partial charge in [0.05, 0.1) is 29.3 Å². The molecule has 24 heavy (non-hydrogen) atoms. The Morgan fingerprint density at radius 2 is 2.25 bits per heavy atom. The summed E-state index contributed by atoms with van der Waals surface area (Å²) in [5, 5.41) is 3.78. The average molecular weight is 347 g/mol. The van der Waals surface area contributed by atoms with Gasteiger partial charge >= 0.3 is 0 Å². The van der Waals surface area contributed by atoms with Crippen molar-refractivity contribution in [3.05, 3.63) is 47.3 Å². The van der Waals surface area contributed by atoms with Gasteiger partial charge in [0.15, 0.2) is 5.16 Å². The maximum absolute atomic E-state index is 12.8. The first-order valence-corrected chi connectivity index (χ1v) is 8.57. The second-order valence-electron chi connectivity index (χ2n) is 5.27. The predicted octanol–water partition coefficient (Wildman–Crippen LogP) is 2.00. The molecule has 0 spiro atoms. The standard InChI is InChI=1S/C17H21N3O3S/c1-4-9-18-15(21)11-24-17-19-14-8-6-5-7-13(14)16(22)20(17)12(2)10-23-3/h4-8,12H,1,9-11H2,2-3H3,(H,18,21)/t12-/m0/s1. The van der Waals surface area contributed by atoms with Crippen molar-refractivity contribution < 1.29 is 9.53 Å². The van der Waals surface area contributed by atoms with Crippen molar-refractivity contribution in [2.75, 3.05) is 26.0 Å². The molecule has 0 aliphatic heterocycles. The molecule has 128 valence electrons. The maximum atomic E-state index is 12.8. The maximum Gasteiger partial charge on any atom is 0.262 e. The van der Waals surface area contributed by atoms with Gasteiger partial charge < -0.3 is 10.1 Å². The van der Waals surface area contributed by atoms with Crippen molar-refractivity contribution >= 4 is 28.6 Å². The van der Waals surface area contributed by atoms with E-state index < -0.39 is 0 Å². The van der Waals surface area contributed by atoms with Crippen LogP contribution in [0.15, 0.2) is 46.9 Å². The van der Waals surface area contributed by atoms with E-state index in [1.807, 2.05) is 19.1 Å². The summed E-state index contributed by atoms with van der Waals surface area (Å²) in [5.74, 6) is 0.0476. The van der Waals surface area contributed by atoms with Crippen LogP contribution in [0.3, 0.4) is 0 Å². The molecule has 0 saturated heterocycles. The third-order valence-electron chi connectivity index (χ3n) is 3.40. The summed E-state index contributed by atoms with van der Waals surface area (Å²) in [6.45, 7) is 6.25. The number of methoxy groups -OCH3 is 1. The Balaban J connectivity index is 2.38. The highest BCUT2D eigenvalue weighted by molar-refractivity contribution is 7.99. The number of benzene rings is 1. The summed E-state index contributed by atoms with van der Waals surface area (Å²) in [5.41, 5.74) is 0.497. The van der Waals surface area contributed by atoms with E-state index >= 15 is 0 Å². The second-order valence-corrected chi connectivity index (χ2v) is 6.21. The molecule has 0 unspecified atom stereocenters. The Labute approximate surface area is 144 Å². The Bertz CT molecular complexity index is 788. The fourth-order valence-electron chi connectivity index (χ4n) is 2.30. The van der Waals surface area contributed by atoms with Gasteiger partial charge in [0, 0.05) is 13.7 Å². The molecular weight excluding hydrogens is 326 g/mol. The normalized spacial score (nSPS) is 12.1. The van der Waals surface area contributed by atoms with Crippen LogP contribution in [0.2, 0.25) is 0 Å². The molecular formula is C17H21N3O3S. The van der Waals surface area contributed by atoms with Crippen molar-refractivity contribution in [2.24, 2.45) is 0 Å². The van der Waals surface area contributed by atoms with E-state index in [9.17, 15) is 9.59 Å². The molecule has 0 aliphatic rings. The van der Waals surface area contributed by atoms with E-state index in [1.165, 1.54) is 11.8 Å². The fraction of sp³-hybridized carbons (Fsp3) is 0.353. The van der Waals surface area contributed by atoms with E-state index in [0.29, 0.717) is 29.2 Å². The lowest BCUT2D eigenvalue weighted by atomic mass is 10.2. The second kappa shape index (κ2) is 8.65. The molecule has 0 saturated carbocycles. The Morgan fingerprint density at radius 1 is 1.50 bits per heavy atom. The number of carbonyl (C=O) groups excluding carboxylic acids is 1. The van der Waals surface area contributed by atoms with Crippen LogP contribution in [0.1, 0.15) is 13.0 Å². The molecule has 0 radical (unpaired) electrons. The van der Waals surface area contributed by atoms with Crippen LogP contribution in [-0.2, 0) is 9.53 Å². The quantitative estimate of drug-likeness (QED) is 0.449. The van der Waals surface area contributed by atoms with Gasteiger partial charge in [0.25, 0.3) is 5.56 Å². The summed E-state index contributed by atoms with van der Waals surface area (Å²) in [6, 6.07) is 7.02. The number of amides is 1. The molecule has 0 bridgehead atoms. The molecule has 0 fully saturated rings. The zero-order valence-corrected chi connectivity index (χ0v) is 14.6. The third-order valence-corrected chi connectivity index (χ3v) is 4.35. The number of carbonyl (C=O) groups is 1. The zero-order chi connectivity index (χ0) is 17.5. The Hall–Kier alpha value is -2.12. The number of para-hydroxylation sites is 1. The van der Waals surface area contributed by atoms with Gasteiger partial charge in [-0.1, -0.05) is 30.0 Å². The van der Waals surface area contributed by atoms with Crippen molar-refractivity contribution in [3.63, 3.8) is 0 Å². The highest BCUT2D eigenvalue weighted by atomic mass is 32.2. The largest absolute Gasteiger partial charge is 0.383 e. The molecule has 1 atom stereocenters. The highest BCUT2D eigenvalue weighted by Gasteiger charge is 2.17. The predicted molar refractivity (Wildman–Crippen MR) is 96.5 cm³/mol. The van der Waals surface area contributed by atoms with Crippen LogP contribution in [0.4, 0.5) is 0 Å². The van der Waals surface area contributed by atoms with E-state index in [4.69, 9.17) is 4.74 Å². The van der Waals surface area contributed by atoms with Crippen molar-refractivity contribution in [3.8, 4) is 0 Å². The summed E-state index contributed by atoms with van der Waals surface area (Å²) < 4.78 is 6.77. The molecule has 6 nitrogen and oxygen atoms in total. The summed E-state index contributed by atoms with van der Waals surface area (Å²) in [4.78, 5) is 29.2. The summed E-state index contributed by atoms with van der Waals surface area (Å²) in [7, 11) is 1.59. The van der Waals surface area contributed by atoms with Gasteiger partial charge in [-0.3, -0.25) is 14.2 Å². The minimum atomic E-state index is -0.182. The number of nitrogens with one attached hydrogen (secondary N) is 1. The van der Waals surface area contributed by atoms with Gasteiger partial charge in [-0.2, -0.15) is 0 Å². The number of thioether (sulfide) groups is 1. The molecule has 1 aromatic heterocycles. The van der Waals surface area contributed by atoms with Crippen LogP contribution in [0, 0.1) is 0 Å². The first-order chi connectivity index (χ1) is 11.6. The lowest BCUT2D eigenvalue weighted by molar-refractivity contribution is -0.118. The highest BCUT2D eigenvalue weighted by Crippen LogP contribution is 2.21. The minimum Gasteiger partial charge on any atom is -0.383 e. The van der Waals surface area contributed by atoms with Gasteiger partial charge in [-0.15, -0.1) is 6.58 Å².